The molecule has 1 heterocycles. The topological polar surface area (TPSA) is 72.9 Å². The van der Waals surface area contributed by atoms with Gasteiger partial charge in [0.15, 0.2) is 0 Å². The minimum absolute atomic E-state index is 0.112. The third-order valence-corrected chi connectivity index (χ3v) is 3.57. The number of nitrogens with zero attached hydrogens (tertiary/aromatic N) is 2. The summed E-state index contributed by atoms with van der Waals surface area (Å²) in [5, 5.41) is 6.99. The summed E-state index contributed by atoms with van der Waals surface area (Å²) in [4.78, 5) is 12.2. The standard InChI is InChI=1S/C14H17BrN4O/c1-9-12(5-11(15)6-13(9)16)14(20)17-4-3-10-7-18-19(2)8-10/h5-8H,3-4,16H2,1-2H3,(H,17,20). The fraction of sp³-hybridized carbons (Fsp3) is 0.286. The summed E-state index contributed by atoms with van der Waals surface area (Å²) in [6.07, 6.45) is 4.49. The summed E-state index contributed by atoms with van der Waals surface area (Å²) in [7, 11) is 1.87. The predicted octanol–water partition coefficient (Wildman–Crippen LogP) is 2.05. The third kappa shape index (κ3) is 3.39. The van der Waals surface area contributed by atoms with Crippen LogP contribution in [0.5, 0.6) is 0 Å². The van der Waals surface area contributed by atoms with Gasteiger partial charge in [-0.15, -0.1) is 0 Å². The summed E-state index contributed by atoms with van der Waals surface area (Å²) >= 11 is 3.35. The van der Waals surface area contributed by atoms with Gasteiger partial charge in [0.2, 0.25) is 0 Å². The summed E-state index contributed by atoms with van der Waals surface area (Å²) < 4.78 is 2.55. The Morgan fingerprint density at radius 1 is 1.50 bits per heavy atom. The molecule has 0 spiro atoms. The fourth-order valence-electron chi connectivity index (χ4n) is 1.95. The maximum absolute atomic E-state index is 12.2. The first-order valence-corrected chi connectivity index (χ1v) is 7.08. The second-order valence-electron chi connectivity index (χ2n) is 4.70. The van der Waals surface area contributed by atoms with Crippen LogP contribution in [0.1, 0.15) is 21.5 Å². The number of aryl methyl sites for hydroxylation is 1. The average Bonchev–Trinajstić information content (AvgIpc) is 2.79. The number of aromatic nitrogens is 2. The summed E-state index contributed by atoms with van der Waals surface area (Å²) in [6, 6.07) is 3.58. The molecule has 0 aliphatic carbocycles. The van der Waals surface area contributed by atoms with E-state index in [0.29, 0.717) is 17.8 Å². The highest BCUT2D eigenvalue weighted by Crippen LogP contribution is 2.22. The zero-order valence-corrected chi connectivity index (χ0v) is 13.1. The Morgan fingerprint density at radius 2 is 2.25 bits per heavy atom. The van der Waals surface area contributed by atoms with Crippen molar-refractivity contribution in [3.05, 3.63) is 45.7 Å². The molecular weight excluding hydrogens is 320 g/mol. The molecule has 0 fully saturated rings. The van der Waals surface area contributed by atoms with Crippen LogP contribution in [0.2, 0.25) is 0 Å². The molecule has 2 aromatic rings. The Morgan fingerprint density at radius 3 is 2.90 bits per heavy atom. The van der Waals surface area contributed by atoms with Crippen molar-refractivity contribution in [2.45, 2.75) is 13.3 Å². The quantitative estimate of drug-likeness (QED) is 0.839. The molecule has 0 bridgehead atoms. The lowest BCUT2D eigenvalue weighted by atomic mass is 10.1. The van der Waals surface area contributed by atoms with Gasteiger partial charge in [0.1, 0.15) is 0 Å². The number of rotatable bonds is 4. The van der Waals surface area contributed by atoms with Gasteiger partial charge in [0.25, 0.3) is 5.91 Å². The number of carbonyl (C=O) groups is 1. The molecule has 0 radical (unpaired) electrons. The maximum atomic E-state index is 12.2. The number of carbonyl (C=O) groups excluding carboxylic acids is 1. The van der Waals surface area contributed by atoms with E-state index in [0.717, 1.165) is 22.0 Å². The first-order valence-electron chi connectivity index (χ1n) is 6.28. The molecule has 0 saturated heterocycles. The van der Waals surface area contributed by atoms with E-state index in [9.17, 15) is 4.79 Å². The summed E-state index contributed by atoms with van der Waals surface area (Å²) in [5.74, 6) is -0.112. The average molecular weight is 337 g/mol. The molecule has 0 unspecified atom stereocenters. The number of amides is 1. The van der Waals surface area contributed by atoms with Crippen molar-refractivity contribution in [1.82, 2.24) is 15.1 Å². The molecule has 1 amide bonds. The number of anilines is 1. The van der Waals surface area contributed by atoms with E-state index < -0.39 is 0 Å². The predicted molar refractivity (Wildman–Crippen MR) is 82.5 cm³/mol. The van der Waals surface area contributed by atoms with Gasteiger partial charge in [-0.2, -0.15) is 5.10 Å². The number of nitrogens with two attached hydrogens (primary N) is 1. The van der Waals surface area contributed by atoms with Crippen molar-refractivity contribution in [3.8, 4) is 0 Å². The minimum Gasteiger partial charge on any atom is -0.398 e. The molecule has 0 saturated carbocycles. The van der Waals surface area contributed by atoms with Gasteiger partial charge >= 0.3 is 0 Å². The van der Waals surface area contributed by atoms with Crippen LogP contribution in [0.3, 0.4) is 0 Å². The van der Waals surface area contributed by atoms with Crippen molar-refractivity contribution >= 4 is 27.5 Å². The van der Waals surface area contributed by atoms with Crippen molar-refractivity contribution in [2.24, 2.45) is 7.05 Å². The molecule has 6 heteroatoms. The Hall–Kier alpha value is -1.82. The molecule has 0 aliphatic heterocycles. The Labute approximate surface area is 126 Å². The monoisotopic (exact) mass is 336 g/mol. The van der Waals surface area contributed by atoms with Gasteiger partial charge in [-0.1, -0.05) is 15.9 Å². The molecule has 0 aliphatic rings. The molecular formula is C14H17BrN4O. The third-order valence-electron chi connectivity index (χ3n) is 3.11. The van der Waals surface area contributed by atoms with Crippen LogP contribution < -0.4 is 11.1 Å². The van der Waals surface area contributed by atoms with Crippen LogP contribution >= 0.6 is 15.9 Å². The SMILES string of the molecule is Cc1c(N)cc(Br)cc1C(=O)NCCc1cnn(C)c1. The van der Waals surface area contributed by atoms with Crippen molar-refractivity contribution in [3.63, 3.8) is 0 Å². The van der Waals surface area contributed by atoms with E-state index in [4.69, 9.17) is 5.73 Å². The highest BCUT2D eigenvalue weighted by molar-refractivity contribution is 9.10. The second kappa shape index (κ2) is 6.09. The van der Waals surface area contributed by atoms with E-state index in [2.05, 4.69) is 26.3 Å². The largest absolute Gasteiger partial charge is 0.398 e. The first-order chi connectivity index (χ1) is 9.47. The molecule has 3 N–H and O–H groups in total. The lowest BCUT2D eigenvalue weighted by Gasteiger charge is -2.10. The number of benzene rings is 1. The maximum Gasteiger partial charge on any atom is 0.251 e. The van der Waals surface area contributed by atoms with Crippen LogP contribution in [0.25, 0.3) is 0 Å². The number of hydrogen-bond donors (Lipinski definition) is 2. The highest BCUT2D eigenvalue weighted by atomic mass is 79.9. The van der Waals surface area contributed by atoms with Gasteiger partial charge in [-0.25, -0.2) is 0 Å². The van der Waals surface area contributed by atoms with Crippen LogP contribution in [0, 0.1) is 6.92 Å². The molecule has 1 aromatic carbocycles. The van der Waals surface area contributed by atoms with Crippen LogP contribution in [-0.2, 0) is 13.5 Å². The van der Waals surface area contributed by atoms with Gasteiger partial charge in [-0.05, 0) is 36.6 Å². The number of halogens is 1. The lowest BCUT2D eigenvalue weighted by molar-refractivity contribution is 0.0953. The first kappa shape index (κ1) is 14.6. The normalized spacial score (nSPS) is 10.6. The molecule has 0 atom stereocenters. The number of nitrogen functional groups attached to an aromatic ring is 1. The smallest absolute Gasteiger partial charge is 0.251 e. The number of hydrogen-bond acceptors (Lipinski definition) is 3. The van der Waals surface area contributed by atoms with E-state index in [-0.39, 0.29) is 5.91 Å². The van der Waals surface area contributed by atoms with Crippen LogP contribution in [-0.4, -0.2) is 22.2 Å². The van der Waals surface area contributed by atoms with E-state index in [1.54, 1.807) is 23.0 Å². The Bertz CT molecular complexity index is 636. The van der Waals surface area contributed by atoms with Crippen LogP contribution in [0.4, 0.5) is 5.69 Å². The summed E-state index contributed by atoms with van der Waals surface area (Å²) in [5.41, 5.74) is 8.96. The van der Waals surface area contributed by atoms with Gasteiger partial charge < -0.3 is 11.1 Å². The zero-order valence-electron chi connectivity index (χ0n) is 11.5. The highest BCUT2D eigenvalue weighted by Gasteiger charge is 2.11. The van der Waals surface area contributed by atoms with E-state index >= 15 is 0 Å². The minimum atomic E-state index is -0.112. The Balaban J connectivity index is 1.98. The lowest BCUT2D eigenvalue weighted by Crippen LogP contribution is -2.26. The van der Waals surface area contributed by atoms with Crippen LogP contribution in [0.15, 0.2) is 29.0 Å². The van der Waals surface area contributed by atoms with Crippen molar-refractivity contribution in [2.75, 3.05) is 12.3 Å². The van der Waals surface area contributed by atoms with Gasteiger partial charge in [0.05, 0.1) is 6.20 Å². The fourth-order valence-corrected chi connectivity index (χ4v) is 2.43. The van der Waals surface area contributed by atoms with E-state index in [1.807, 2.05) is 20.2 Å². The van der Waals surface area contributed by atoms with Crippen molar-refractivity contribution in [1.29, 1.82) is 0 Å². The second-order valence-corrected chi connectivity index (χ2v) is 5.61. The van der Waals surface area contributed by atoms with Crippen molar-refractivity contribution < 1.29 is 4.79 Å². The zero-order chi connectivity index (χ0) is 14.7. The molecule has 5 nitrogen and oxygen atoms in total. The number of nitrogens with one attached hydrogen (secondary N) is 1. The molecule has 106 valence electrons. The van der Waals surface area contributed by atoms with Gasteiger partial charge in [0, 0.05) is 35.5 Å². The molecule has 20 heavy (non-hydrogen) atoms. The van der Waals surface area contributed by atoms with E-state index in [1.165, 1.54) is 0 Å². The molecule has 2 rings (SSSR count). The summed E-state index contributed by atoms with van der Waals surface area (Å²) in [6.45, 7) is 2.41. The molecule has 1 aromatic heterocycles. The van der Waals surface area contributed by atoms with Gasteiger partial charge in [-0.3, -0.25) is 9.48 Å². The Kier molecular flexibility index (Phi) is 4.44.